The summed E-state index contributed by atoms with van der Waals surface area (Å²) in [6.07, 6.45) is 6.69. The summed E-state index contributed by atoms with van der Waals surface area (Å²) in [7, 11) is 0. The summed E-state index contributed by atoms with van der Waals surface area (Å²) in [5.74, 6) is 0. The first-order valence-corrected chi connectivity index (χ1v) is 10.6. The summed E-state index contributed by atoms with van der Waals surface area (Å²) >= 11 is 1.79. The maximum atomic E-state index is 2.35. The zero-order valence-electron chi connectivity index (χ0n) is 15.8. The Hall–Kier alpha value is -2.25. The third-order valence-electron chi connectivity index (χ3n) is 4.68. The van der Waals surface area contributed by atoms with Gasteiger partial charge in [0, 0.05) is 4.90 Å². The summed E-state index contributed by atoms with van der Waals surface area (Å²) < 4.78 is 0. The number of thioether (sulfide) groups is 1. The average molecular weight is 359 g/mol. The van der Waals surface area contributed by atoms with Crippen molar-refractivity contribution in [3.05, 3.63) is 101 Å². The van der Waals surface area contributed by atoms with Crippen molar-refractivity contribution in [3.8, 4) is 0 Å². The van der Waals surface area contributed by atoms with Gasteiger partial charge >= 0.3 is 0 Å². The van der Waals surface area contributed by atoms with E-state index in [2.05, 4.69) is 85.1 Å². The van der Waals surface area contributed by atoms with Crippen molar-refractivity contribution in [2.45, 2.75) is 31.6 Å². The first-order chi connectivity index (χ1) is 12.8. The van der Waals surface area contributed by atoms with Gasteiger partial charge in [-0.3, -0.25) is 0 Å². The summed E-state index contributed by atoms with van der Waals surface area (Å²) in [5.41, 5.74) is 8.25. The SMILES string of the molecule is CC.CSc1cccc(C=C2c3ccccc3CCc3ccccc32)c1. The molecule has 1 heteroatoms. The van der Waals surface area contributed by atoms with Crippen molar-refractivity contribution in [2.75, 3.05) is 6.26 Å². The van der Waals surface area contributed by atoms with Crippen LogP contribution in [0.15, 0.2) is 77.7 Å². The van der Waals surface area contributed by atoms with Crippen molar-refractivity contribution >= 4 is 23.4 Å². The molecular formula is C25H26S. The Morgan fingerprint density at radius 2 is 1.31 bits per heavy atom. The Labute approximate surface area is 162 Å². The second-order valence-corrected chi connectivity index (χ2v) is 7.03. The zero-order valence-corrected chi connectivity index (χ0v) is 16.6. The monoisotopic (exact) mass is 358 g/mol. The highest BCUT2D eigenvalue weighted by Gasteiger charge is 2.17. The van der Waals surface area contributed by atoms with Crippen LogP contribution >= 0.6 is 11.8 Å². The molecule has 0 N–H and O–H groups in total. The lowest BCUT2D eigenvalue weighted by molar-refractivity contribution is 0.965. The molecule has 0 radical (unpaired) electrons. The molecule has 0 aromatic heterocycles. The van der Waals surface area contributed by atoms with Gasteiger partial charge in [0.05, 0.1) is 0 Å². The van der Waals surface area contributed by atoms with Crippen LogP contribution in [0.2, 0.25) is 0 Å². The van der Waals surface area contributed by atoms with E-state index in [4.69, 9.17) is 0 Å². The molecule has 0 unspecified atom stereocenters. The van der Waals surface area contributed by atoms with E-state index < -0.39 is 0 Å². The number of fused-ring (bicyclic) bond motifs is 2. The standard InChI is InChI=1S/C23H20S.C2H6/c1-24-20-10-6-7-17(15-20)16-23-21-11-4-2-8-18(21)13-14-19-9-3-5-12-22(19)23;1-2/h2-12,15-16H,13-14H2,1H3;1-2H3. The van der Waals surface area contributed by atoms with Crippen LogP contribution in [-0.2, 0) is 12.8 Å². The lowest BCUT2D eigenvalue weighted by Crippen LogP contribution is -1.92. The molecule has 0 amide bonds. The van der Waals surface area contributed by atoms with Gasteiger partial charge in [-0.25, -0.2) is 0 Å². The van der Waals surface area contributed by atoms with Gasteiger partial charge in [0.2, 0.25) is 0 Å². The van der Waals surface area contributed by atoms with E-state index in [9.17, 15) is 0 Å². The zero-order chi connectivity index (χ0) is 18.4. The number of aryl methyl sites for hydroxylation is 2. The predicted octanol–water partition coefficient (Wildman–Crippen LogP) is 7.12. The maximum absolute atomic E-state index is 2.35. The summed E-state index contributed by atoms with van der Waals surface area (Å²) in [6.45, 7) is 4.00. The molecular weight excluding hydrogens is 332 g/mol. The number of benzene rings is 3. The third-order valence-corrected chi connectivity index (χ3v) is 5.41. The Bertz CT molecular complexity index is 856. The van der Waals surface area contributed by atoms with Crippen LogP contribution in [0.1, 0.15) is 41.7 Å². The van der Waals surface area contributed by atoms with Gasteiger partial charge < -0.3 is 0 Å². The molecule has 0 nitrogen and oxygen atoms in total. The second-order valence-electron chi connectivity index (χ2n) is 6.15. The van der Waals surface area contributed by atoms with E-state index in [1.807, 2.05) is 13.8 Å². The van der Waals surface area contributed by atoms with E-state index in [0.29, 0.717) is 0 Å². The van der Waals surface area contributed by atoms with E-state index in [1.54, 1.807) is 11.8 Å². The van der Waals surface area contributed by atoms with Gasteiger partial charge in [-0.2, -0.15) is 0 Å². The van der Waals surface area contributed by atoms with Gasteiger partial charge in [-0.15, -0.1) is 11.8 Å². The van der Waals surface area contributed by atoms with E-state index in [1.165, 1.54) is 38.3 Å². The summed E-state index contributed by atoms with van der Waals surface area (Å²) in [6, 6.07) is 26.5. The van der Waals surface area contributed by atoms with Crippen LogP contribution in [0, 0.1) is 0 Å². The van der Waals surface area contributed by atoms with Crippen molar-refractivity contribution in [1.29, 1.82) is 0 Å². The molecule has 3 aromatic rings. The van der Waals surface area contributed by atoms with Crippen LogP contribution in [0.3, 0.4) is 0 Å². The molecule has 4 rings (SSSR count). The molecule has 0 spiro atoms. The Balaban J connectivity index is 0.000000948. The minimum atomic E-state index is 1.11. The van der Waals surface area contributed by atoms with Crippen LogP contribution in [-0.4, -0.2) is 6.26 Å². The predicted molar refractivity (Wildman–Crippen MR) is 117 cm³/mol. The van der Waals surface area contributed by atoms with Gasteiger partial charge in [0.25, 0.3) is 0 Å². The minimum absolute atomic E-state index is 1.11. The molecule has 0 bridgehead atoms. The first kappa shape index (κ1) is 18.5. The average Bonchev–Trinajstić information content (AvgIpc) is 2.87. The number of hydrogen-bond donors (Lipinski definition) is 0. The number of hydrogen-bond acceptors (Lipinski definition) is 1. The molecule has 132 valence electrons. The lowest BCUT2D eigenvalue weighted by Gasteiger charge is -2.12. The van der Waals surface area contributed by atoms with Gasteiger partial charge in [0.15, 0.2) is 0 Å². The van der Waals surface area contributed by atoms with Crippen molar-refractivity contribution in [2.24, 2.45) is 0 Å². The van der Waals surface area contributed by atoms with Gasteiger partial charge in [0.1, 0.15) is 0 Å². The van der Waals surface area contributed by atoms with Crippen LogP contribution in [0.4, 0.5) is 0 Å². The van der Waals surface area contributed by atoms with Crippen molar-refractivity contribution in [3.63, 3.8) is 0 Å². The smallest absolute Gasteiger partial charge is 0.00750 e. The highest BCUT2D eigenvalue weighted by atomic mass is 32.2. The third kappa shape index (κ3) is 3.94. The molecule has 0 heterocycles. The Kier molecular flexibility index (Phi) is 6.35. The van der Waals surface area contributed by atoms with Crippen molar-refractivity contribution < 1.29 is 0 Å². The molecule has 0 aliphatic heterocycles. The quantitative estimate of drug-likeness (QED) is 0.439. The minimum Gasteiger partial charge on any atom is -0.130 e. The molecule has 0 fully saturated rings. The fourth-order valence-corrected chi connectivity index (χ4v) is 3.94. The van der Waals surface area contributed by atoms with E-state index >= 15 is 0 Å². The van der Waals surface area contributed by atoms with E-state index in [0.717, 1.165) is 12.8 Å². The Morgan fingerprint density at radius 3 is 1.88 bits per heavy atom. The maximum Gasteiger partial charge on any atom is 0.00750 e. The van der Waals surface area contributed by atoms with Crippen molar-refractivity contribution in [1.82, 2.24) is 0 Å². The normalized spacial score (nSPS) is 12.2. The molecule has 0 saturated heterocycles. The van der Waals surface area contributed by atoms with Crippen LogP contribution in [0.5, 0.6) is 0 Å². The van der Waals surface area contributed by atoms with Gasteiger partial charge in [-0.1, -0.05) is 74.5 Å². The molecule has 26 heavy (non-hydrogen) atoms. The molecule has 1 aliphatic rings. The fraction of sp³-hybridized carbons (Fsp3) is 0.200. The highest BCUT2D eigenvalue weighted by molar-refractivity contribution is 7.98. The lowest BCUT2D eigenvalue weighted by atomic mass is 9.92. The molecule has 1 aliphatic carbocycles. The van der Waals surface area contributed by atoms with Crippen LogP contribution < -0.4 is 0 Å². The summed E-state index contributed by atoms with van der Waals surface area (Å²) in [4.78, 5) is 1.31. The molecule has 0 saturated carbocycles. The molecule has 0 atom stereocenters. The van der Waals surface area contributed by atoms with Crippen LogP contribution in [0.25, 0.3) is 11.6 Å². The Morgan fingerprint density at radius 1 is 0.731 bits per heavy atom. The highest BCUT2D eigenvalue weighted by Crippen LogP contribution is 2.35. The fourth-order valence-electron chi connectivity index (χ4n) is 3.47. The summed E-state index contributed by atoms with van der Waals surface area (Å²) in [5, 5.41) is 0. The number of rotatable bonds is 2. The topological polar surface area (TPSA) is 0 Å². The van der Waals surface area contributed by atoms with Gasteiger partial charge in [-0.05, 0) is 70.7 Å². The van der Waals surface area contributed by atoms with E-state index in [-0.39, 0.29) is 0 Å². The first-order valence-electron chi connectivity index (χ1n) is 9.37. The second kappa shape index (κ2) is 8.91. The molecule has 3 aromatic carbocycles. The largest absolute Gasteiger partial charge is 0.130 e.